The number of nitrogens with zero attached hydrogens (tertiary/aromatic N) is 1. The quantitative estimate of drug-likeness (QED) is 0.589. The van der Waals surface area contributed by atoms with E-state index in [1.807, 2.05) is 0 Å². The van der Waals surface area contributed by atoms with Gasteiger partial charge in [-0.05, 0) is 0 Å². The maximum absolute atomic E-state index is 2.61. The van der Waals surface area contributed by atoms with Gasteiger partial charge in [0.1, 0.15) is 0 Å². The average Bonchev–Trinajstić information content (AvgIpc) is 1.85. The first-order chi connectivity index (χ1) is 4.58. The van der Waals surface area contributed by atoms with Gasteiger partial charge in [-0.3, -0.25) is 0 Å². The average molecular weight is 246 g/mol. The summed E-state index contributed by atoms with van der Waals surface area (Å²) in [4.78, 5) is 7.82. The summed E-state index contributed by atoms with van der Waals surface area (Å²) in [5, 5.41) is 0. The second kappa shape index (κ2) is 2.13. The van der Waals surface area contributed by atoms with Gasteiger partial charge in [0.2, 0.25) is 0 Å². The van der Waals surface area contributed by atoms with Crippen LogP contribution in [0.1, 0.15) is 6.42 Å². The van der Waals surface area contributed by atoms with Crippen molar-refractivity contribution in [3.05, 3.63) is 0 Å². The van der Waals surface area contributed by atoms with Crippen LogP contribution in [0.3, 0.4) is 0 Å². The van der Waals surface area contributed by atoms with Crippen molar-refractivity contribution in [1.82, 2.24) is 4.90 Å². The van der Waals surface area contributed by atoms with E-state index < -0.39 is 18.4 Å². The molecule has 0 spiro atoms. The summed E-state index contributed by atoms with van der Waals surface area (Å²) in [5.41, 5.74) is 0. The van der Waals surface area contributed by atoms with Crippen molar-refractivity contribution >= 4 is 18.4 Å². The molecule has 0 aromatic rings. The molecule has 3 aliphatic heterocycles. The minimum atomic E-state index is -1.37. The Labute approximate surface area is 67.7 Å². The summed E-state index contributed by atoms with van der Waals surface area (Å²) < 4.78 is 3.25. The Morgan fingerprint density at radius 2 is 1.70 bits per heavy atom. The molecule has 3 aliphatic rings. The molecule has 10 heavy (non-hydrogen) atoms. The first-order valence-corrected chi connectivity index (χ1v) is 14.0. The van der Waals surface area contributed by atoms with E-state index in [1.165, 1.54) is 6.42 Å². The summed E-state index contributed by atoms with van der Waals surface area (Å²) in [6.45, 7) is 0. The normalized spacial score (nSPS) is 44.7. The molecule has 0 aromatic carbocycles. The number of fused-ring (bicyclic) bond motifs is 2. The Bertz CT molecular complexity index is 141. The van der Waals surface area contributed by atoms with E-state index in [1.54, 1.807) is 8.87 Å². The molecule has 0 saturated carbocycles. The van der Waals surface area contributed by atoms with Crippen LogP contribution in [0.25, 0.3) is 0 Å². The van der Waals surface area contributed by atoms with E-state index in [0.29, 0.717) is 0 Å². The molecule has 2 bridgehead atoms. The number of hydrogen-bond acceptors (Lipinski definition) is 1. The molecule has 2 unspecified atom stereocenters. The zero-order valence-electron chi connectivity index (χ0n) is 7.22. The minimum absolute atomic E-state index is 1.02. The van der Waals surface area contributed by atoms with E-state index in [0.717, 1.165) is 12.1 Å². The Morgan fingerprint density at radius 3 is 2.00 bits per heavy atom. The third kappa shape index (κ3) is 1.02. The van der Waals surface area contributed by atoms with Crippen LogP contribution >= 0.6 is 0 Å². The van der Waals surface area contributed by atoms with E-state index in [9.17, 15) is 0 Å². The third-order valence-electron chi connectivity index (χ3n) is 3.27. The Kier molecular flexibility index (Phi) is 1.58. The molecule has 0 radical (unpaired) electrons. The fourth-order valence-electron chi connectivity index (χ4n) is 2.62. The summed E-state index contributed by atoms with van der Waals surface area (Å²) in [7, 11) is 2.31. The van der Waals surface area contributed by atoms with Crippen molar-refractivity contribution in [2.45, 2.75) is 37.3 Å². The third-order valence-corrected chi connectivity index (χ3v) is 12.3. The van der Waals surface area contributed by atoms with Gasteiger partial charge < -0.3 is 0 Å². The van der Waals surface area contributed by atoms with Gasteiger partial charge in [0, 0.05) is 0 Å². The topological polar surface area (TPSA) is 3.24 Å². The number of rotatable bonds is 0. The van der Waals surface area contributed by atoms with Crippen molar-refractivity contribution in [1.29, 1.82) is 0 Å². The Morgan fingerprint density at radius 1 is 1.20 bits per heavy atom. The van der Waals surface area contributed by atoms with Crippen LogP contribution in [0.2, 0.25) is 18.8 Å². The molecule has 0 N–H and O–H groups in total. The van der Waals surface area contributed by atoms with Crippen LogP contribution in [0.15, 0.2) is 0 Å². The van der Waals surface area contributed by atoms with Crippen LogP contribution in [-0.2, 0) is 0 Å². The second-order valence-electron chi connectivity index (χ2n) is 4.78. The van der Waals surface area contributed by atoms with Crippen LogP contribution < -0.4 is 0 Å². The van der Waals surface area contributed by atoms with E-state index in [4.69, 9.17) is 0 Å². The van der Waals surface area contributed by atoms with Gasteiger partial charge in [0.05, 0.1) is 0 Å². The molecular weight excluding hydrogens is 229 g/mol. The molecule has 0 aromatic heterocycles. The van der Waals surface area contributed by atoms with Gasteiger partial charge in [-0.25, -0.2) is 0 Å². The summed E-state index contributed by atoms with van der Waals surface area (Å²) >= 11 is -1.37. The van der Waals surface area contributed by atoms with Crippen LogP contribution in [0, 0.1) is 0 Å². The molecule has 3 saturated heterocycles. The molecule has 2 heteroatoms. The number of hydrogen-bond donors (Lipinski definition) is 0. The van der Waals surface area contributed by atoms with Gasteiger partial charge in [0.15, 0.2) is 0 Å². The van der Waals surface area contributed by atoms with Crippen molar-refractivity contribution < 1.29 is 0 Å². The molecule has 3 rings (SSSR count). The van der Waals surface area contributed by atoms with Crippen LogP contribution in [0.4, 0.5) is 0 Å². The molecule has 58 valence electrons. The molecule has 3 heterocycles. The Hall–Kier alpha value is 0.759. The summed E-state index contributed by atoms with van der Waals surface area (Å²) in [6.07, 6.45) is 1.52. The molecular formula is C8H17NSn. The molecule has 2 atom stereocenters. The predicted molar refractivity (Wildman–Crippen MR) is 47.1 cm³/mol. The second-order valence-corrected chi connectivity index (χ2v) is 19.5. The zero-order chi connectivity index (χ0) is 7.35. The fourth-order valence-corrected chi connectivity index (χ4v) is 13.0. The van der Waals surface area contributed by atoms with E-state index in [2.05, 4.69) is 21.8 Å². The van der Waals surface area contributed by atoms with Crippen molar-refractivity contribution in [3.8, 4) is 0 Å². The summed E-state index contributed by atoms with van der Waals surface area (Å²) in [5.74, 6) is 0. The van der Waals surface area contributed by atoms with Crippen LogP contribution in [0.5, 0.6) is 0 Å². The van der Waals surface area contributed by atoms with E-state index in [-0.39, 0.29) is 0 Å². The maximum atomic E-state index is 2.61. The molecule has 0 amide bonds. The fraction of sp³-hybridized carbons (Fsp3) is 1.00. The van der Waals surface area contributed by atoms with Gasteiger partial charge in [0.25, 0.3) is 0 Å². The zero-order valence-corrected chi connectivity index (χ0v) is 10.1. The van der Waals surface area contributed by atoms with Gasteiger partial charge in [-0.2, -0.15) is 0 Å². The SMILES string of the molecule is CN1C2CC1[CH2][Sn]([CH3])([CH3])[CH2]2. The van der Waals surface area contributed by atoms with Gasteiger partial charge in [-0.15, -0.1) is 0 Å². The Balaban J connectivity index is 2.06. The molecule has 3 fully saturated rings. The molecule has 0 aliphatic carbocycles. The predicted octanol–water partition coefficient (Wildman–Crippen LogP) is 1.78. The van der Waals surface area contributed by atoms with Crippen molar-refractivity contribution in [2.75, 3.05) is 7.05 Å². The van der Waals surface area contributed by atoms with Crippen molar-refractivity contribution in [2.24, 2.45) is 0 Å². The van der Waals surface area contributed by atoms with E-state index >= 15 is 0 Å². The van der Waals surface area contributed by atoms with Gasteiger partial charge in [-0.1, -0.05) is 0 Å². The van der Waals surface area contributed by atoms with Crippen LogP contribution in [-0.4, -0.2) is 42.4 Å². The first kappa shape index (κ1) is 7.41. The van der Waals surface area contributed by atoms with Gasteiger partial charge >= 0.3 is 67.6 Å². The summed E-state index contributed by atoms with van der Waals surface area (Å²) in [6, 6.07) is 2.04. The van der Waals surface area contributed by atoms with Crippen molar-refractivity contribution in [3.63, 3.8) is 0 Å². The first-order valence-electron chi connectivity index (χ1n) is 4.30. The monoisotopic (exact) mass is 247 g/mol. The molecule has 1 nitrogen and oxygen atoms in total. The standard InChI is InChI=1S/C6H11N.2CH3.Sn/c1-5-4-6(2)7(5)3;;;/h5-6H,1-2,4H2,3H3;2*1H3;.